The van der Waals surface area contributed by atoms with Crippen LogP contribution in [0.3, 0.4) is 0 Å². The molecule has 2 rings (SSSR count). The first-order valence-electron chi connectivity index (χ1n) is 7.45. The molecule has 1 atom stereocenters. The number of unbranched alkanes of at least 4 members (excludes halogenated alkanes) is 1. The third-order valence-corrected chi connectivity index (χ3v) is 3.67. The molecule has 0 fully saturated rings. The van der Waals surface area contributed by atoms with Crippen molar-refractivity contribution in [2.45, 2.75) is 52.0 Å². The van der Waals surface area contributed by atoms with Crippen LogP contribution in [0.4, 0.5) is 0 Å². The zero-order valence-corrected chi connectivity index (χ0v) is 12.2. The Kier molecular flexibility index (Phi) is 4.83. The number of rotatable bonds is 6. The minimum atomic E-state index is -0.205. The van der Waals surface area contributed by atoms with E-state index in [1.807, 2.05) is 0 Å². The van der Waals surface area contributed by atoms with Gasteiger partial charge < -0.3 is 0 Å². The number of hydrogen-bond donors (Lipinski definition) is 0. The van der Waals surface area contributed by atoms with Crippen molar-refractivity contribution in [3.8, 4) is 0 Å². The smallest absolute Gasteiger partial charge is 0.215 e. The van der Waals surface area contributed by atoms with Crippen LogP contribution in [0.15, 0.2) is 38.8 Å². The van der Waals surface area contributed by atoms with E-state index in [0.29, 0.717) is 10.8 Å². The van der Waals surface area contributed by atoms with Crippen LogP contribution in [0.25, 0.3) is 10.8 Å². The normalized spacial score (nSPS) is 12.7. The lowest BCUT2D eigenvalue weighted by Gasteiger charge is -2.09. The molecule has 0 aliphatic rings. The zero-order valence-electron chi connectivity index (χ0n) is 12.2. The van der Waals surface area contributed by atoms with E-state index in [0.717, 1.165) is 32.1 Å². The van der Waals surface area contributed by atoms with Crippen LogP contribution in [0.2, 0.25) is 0 Å². The van der Waals surface area contributed by atoms with E-state index in [1.165, 1.54) is 0 Å². The molecule has 0 spiro atoms. The maximum atomic E-state index is 12.3. The van der Waals surface area contributed by atoms with E-state index in [-0.39, 0.29) is 22.3 Å². The van der Waals surface area contributed by atoms with Crippen molar-refractivity contribution in [1.82, 2.24) is 0 Å². The second-order valence-corrected chi connectivity index (χ2v) is 5.27. The van der Waals surface area contributed by atoms with Gasteiger partial charge in [0.2, 0.25) is 10.9 Å². The standard InChI is InChI=1S/C17H21NO2/c1-3-5-9-12(8-4-2)18-15-16(19)13-10-6-7-11-14(13)17(15)20/h6-7,10-12H,3-5,8-9H2,1-2H3/t12-/m0/s1. The molecule has 0 saturated carbocycles. The van der Waals surface area contributed by atoms with Gasteiger partial charge in [-0.3, -0.25) is 14.6 Å². The van der Waals surface area contributed by atoms with E-state index >= 15 is 0 Å². The average Bonchev–Trinajstić information content (AvgIpc) is 2.70. The Morgan fingerprint density at radius 1 is 0.950 bits per heavy atom. The molecule has 0 bridgehead atoms. The molecule has 2 aromatic rings. The zero-order chi connectivity index (χ0) is 14.5. The molecule has 3 nitrogen and oxygen atoms in total. The van der Waals surface area contributed by atoms with Crippen molar-refractivity contribution >= 4 is 10.8 Å². The predicted molar refractivity (Wildman–Crippen MR) is 82.6 cm³/mol. The molecule has 0 unspecified atom stereocenters. The van der Waals surface area contributed by atoms with Crippen molar-refractivity contribution in [2.24, 2.45) is 4.99 Å². The lowest BCUT2D eigenvalue weighted by molar-refractivity contribution is 0.527. The Balaban J connectivity index is 2.52. The molecule has 2 aromatic carbocycles. The largest absolute Gasteiger partial charge is 0.287 e. The summed E-state index contributed by atoms with van der Waals surface area (Å²) < 4.78 is 0. The second kappa shape index (κ2) is 6.60. The van der Waals surface area contributed by atoms with Gasteiger partial charge in [0.05, 0.1) is 6.04 Å². The third kappa shape index (κ3) is 2.87. The van der Waals surface area contributed by atoms with Crippen molar-refractivity contribution < 1.29 is 0 Å². The molecule has 0 N–H and O–H groups in total. The SMILES string of the molecule is CCCC[C@H](CCC)N=c1c(=O)c2ccccc2c1=O. The van der Waals surface area contributed by atoms with Gasteiger partial charge in [-0.15, -0.1) is 0 Å². The van der Waals surface area contributed by atoms with E-state index in [1.54, 1.807) is 24.3 Å². The molecule has 0 saturated heterocycles. The van der Waals surface area contributed by atoms with Crippen LogP contribution < -0.4 is 16.2 Å². The Morgan fingerprint density at radius 2 is 1.55 bits per heavy atom. The fourth-order valence-electron chi connectivity index (χ4n) is 2.58. The van der Waals surface area contributed by atoms with Gasteiger partial charge in [-0.2, -0.15) is 0 Å². The highest BCUT2D eigenvalue weighted by atomic mass is 16.1. The minimum Gasteiger partial charge on any atom is -0.287 e. The Labute approximate surface area is 118 Å². The first kappa shape index (κ1) is 14.6. The summed E-state index contributed by atoms with van der Waals surface area (Å²) in [5.74, 6) is 0. The van der Waals surface area contributed by atoms with Gasteiger partial charge in [-0.1, -0.05) is 57.4 Å². The molecule has 0 aliphatic heterocycles. The number of nitrogens with zero attached hydrogens (tertiary/aromatic N) is 1. The molecule has 0 amide bonds. The van der Waals surface area contributed by atoms with Crippen molar-refractivity contribution in [2.75, 3.05) is 0 Å². The van der Waals surface area contributed by atoms with Gasteiger partial charge in [-0.05, 0) is 12.8 Å². The molecular weight excluding hydrogens is 250 g/mol. The number of fused-ring (bicyclic) bond motifs is 1. The molecule has 20 heavy (non-hydrogen) atoms. The van der Waals surface area contributed by atoms with E-state index in [9.17, 15) is 9.59 Å². The quantitative estimate of drug-likeness (QED) is 0.811. The summed E-state index contributed by atoms with van der Waals surface area (Å²) in [6.45, 7) is 4.24. The minimum absolute atomic E-state index is 0.0946. The molecular formula is C17H21NO2. The Hall–Kier alpha value is -1.77. The lowest BCUT2D eigenvalue weighted by Crippen LogP contribution is -2.33. The van der Waals surface area contributed by atoms with Crippen LogP contribution in [0, 0.1) is 0 Å². The predicted octanol–water partition coefficient (Wildman–Crippen LogP) is 2.70. The van der Waals surface area contributed by atoms with Gasteiger partial charge in [-0.25, -0.2) is 0 Å². The van der Waals surface area contributed by atoms with Crippen molar-refractivity contribution in [3.05, 3.63) is 50.1 Å². The van der Waals surface area contributed by atoms with E-state index in [4.69, 9.17) is 0 Å². The fourth-order valence-corrected chi connectivity index (χ4v) is 2.58. The third-order valence-electron chi connectivity index (χ3n) is 3.67. The molecule has 106 valence electrons. The van der Waals surface area contributed by atoms with Crippen LogP contribution in [-0.2, 0) is 0 Å². The summed E-state index contributed by atoms with van der Waals surface area (Å²) in [5, 5.41) is 1.14. The first-order chi connectivity index (χ1) is 9.69. The van der Waals surface area contributed by atoms with Gasteiger partial charge in [0, 0.05) is 10.8 Å². The summed E-state index contributed by atoms with van der Waals surface area (Å²) in [5.41, 5.74) is -0.411. The van der Waals surface area contributed by atoms with Gasteiger partial charge >= 0.3 is 0 Å². The van der Waals surface area contributed by atoms with Crippen LogP contribution in [-0.4, -0.2) is 6.04 Å². The van der Waals surface area contributed by atoms with Gasteiger partial charge in [0.1, 0.15) is 0 Å². The maximum absolute atomic E-state index is 12.3. The van der Waals surface area contributed by atoms with Gasteiger partial charge in [0.25, 0.3) is 0 Å². The number of hydrogen-bond acceptors (Lipinski definition) is 3. The summed E-state index contributed by atoms with van der Waals surface area (Å²) in [7, 11) is 0. The van der Waals surface area contributed by atoms with Crippen LogP contribution in [0.1, 0.15) is 46.0 Å². The lowest BCUT2D eigenvalue weighted by atomic mass is 10.1. The second-order valence-electron chi connectivity index (χ2n) is 5.27. The Morgan fingerprint density at radius 3 is 2.05 bits per heavy atom. The fraction of sp³-hybridized carbons (Fsp3) is 0.471. The highest BCUT2D eigenvalue weighted by Gasteiger charge is 2.12. The average molecular weight is 271 g/mol. The summed E-state index contributed by atoms with van der Waals surface area (Å²) in [4.78, 5) is 29.0. The van der Waals surface area contributed by atoms with Crippen molar-refractivity contribution in [1.29, 1.82) is 0 Å². The van der Waals surface area contributed by atoms with Crippen LogP contribution >= 0.6 is 0 Å². The topological polar surface area (TPSA) is 46.5 Å². The highest BCUT2D eigenvalue weighted by Crippen LogP contribution is 2.10. The van der Waals surface area contributed by atoms with E-state index in [2.05, 4.69) is 18.8 Å². The Bertz CT molecular complexity index is 674. The van der Waals surface area contributed by atoms with Gasteiger partial charge in [0.15, 0.2) is 5.36 Å². The molecule has 0 aliphatic carbocycles. The molecule has 0 aromatic heterocycles. The first-order valence-corrected chi connectivity index (χ1v) is 7.45. The molecule has 3 heteroatoms. The molecule has 0 radical (unpaired) electrons. The number of benzene rings is 1. The van der Waals surface area contributed by atoms with E-state index < -0.39 is 0 Å². The summed E-state index contributed by atoms with van der Waals surface area (Å²) in [6, 6.07) is 7.08. The highest BCUT2D eigenvalue weighted by molar-refractivity contribution is 5.83. The maximum Gasteiger partial charge on any atom is 0.215 e. The summed E-state index contributed by atoms with van der Waals surface area (Å²) in [6.07, 6.45) is 5.08. The van der Waals surface area contributed by atoms with Crippen molar-refractivity contribution in [3.63, 3.8) is 0 Å². The van der Waals surface area contributed by atoms with Crippen LogP contribution in [0.5, 0.6) is 0 Å². The summed E-state index contributed by atoms with van der Waals surface area (Å²) >= 11 is 0. The molecule has 0 heterocycles. The monoisotopic (exact) mass is 271 g/mol.